The van der Waals surface area contributed by atoms with E-state index in [0.717, 1.165) is 51.1 Å². The highest BCUT2D eigenvalue weighted by Crippen LogP contribution is 2.55. The summed E-state index contributed by atoms with van der Waals surface area (Å²) in [6.45, 7) is 2.63. The summed E-state index contributed by atoms with van der Waals surface area (Å²) in [5.74, 6) is 2.21. The SMILES string of the molecule is O=C(NC[C@H]1[C@H]2CN(c3ccccn3)C[C@]23CC[C@H]1O3)C1Cc2ccccc2C1. The van der Waals surface area contributed by atoms with Gasteiger partial charge in [-0.25, -0.2) is 4.98 Å². The number of hydrogen-bond acceptors (Lipinski definition) is 4. The summed E-state index contributed by atoms with van der Waals surface area (Å²) in [6.07, 6.45) is 6.14. The molecule has 0 unspecified atom stereocenters. The van der Waals surface area contributed by atoms with Gasteiger partial charge in [0.05, 0.1) is 11.7 Å². The number of fused-ring (bicyclic) bond motifs is 2. The molecular formula is C24H27N3O2. The highest BCUT2D eigenvalue weighted by molar-refractivity contribution is 5.80. The fraction of sp³-hybridized carbons (Fsp3) is 0.500. The smallest absolute Gasteiger partial charge is 0.223 e. The zero-order valence-corrected chi connectivity index (χ0v) is 16.6. The molecule has 3 aliphatic heterocycles. The standard InChI is InChI=1S/C24H27N3O2/c28-23(18-11-16-5-1-2-6-17(16)12-18)26-13-19-20-14-27(22-7-3-4-10-25-22)15-24(20)9-8-21(19)29-24/h1-7,10,18-21H,8-9,11-15H2,(H,26,28)/t19-,20+,21+,24+/m0/s1. The molecule has 2 bridgehead atoms. The second-order valence-electron chi connectivity index (χ2n) is 9.22. The molecule has 1 amide bonds. The van der Waals surface area contributed by atoms with Crippen LogP contribution in [0.3, 0.4) is 0 Å². The molecule has 5 nitrogen and oxygen atoms in total. The maximum Gasteiger partial charge on any atom is 0.223 e. The summed E-state index contributed by atoms with van der Waals surface area (Å²) >= 11 is 0. The van der Waals surface area contributed by atoms with Crippen molar-refractivity contribution in [3.8, 4) is 0 Å². The van der Waals surface area contributed by atoms with Crippen LogP contribution in [0, 0.1) is 17.8 Å². The molecule has 4 atom stereocenters. The van der Waals surface area contributed by atoms with E-state index in [-0.39, 0.29) is 17.4 Å². The highest BCUT2D eigenvalue weighted by atomic mass is 16.5. The third-order valence-electron chi connectivity index (χ3n) is 7.69. The highest BCUT2D eigenvalue weighted by Gasteiger charge is 2.63. The van der Waals surface area contributed by atoms with Gasteiger partial charge in [-0.1, -0.05) is 30.3 Å². The van der Waals surface area contributed by atoms with Crippen molar-refractivity contribution < 1.29 is 9.53 Å². The van der Waals surface area contributed by atoms with Gasteiger partial charge in [0, 0.05) is 43.6 Å². The Hall–Kier alpha value is -2.40. The zero-order valence-electron chi connectivity index (χ0n) is 16.6. The van der Waals surface area contributed by atoms with E-state index < -0.39 is 0 Å². The lowest BCUT2D eigenvalue weighted by Gasteiger charge is -2.29. The van der Waals surface area contributed by atoms with Crippen LogP contribution in [-0.4, -0.2) is 42.2 Å². The Morgan fingerprint density at radius 3 is 2.72 bits per heavy atom. The van der Waals surface area contributed by atoms with Crippen molar-refractivity contribution in [2.24, 2.45) is 17.8 Å². The number of nitrogens with one attached hydrogen (secondary N) is 1. The van der Waals surface area contributed by atoms with Gasteiger partial charge in [-0.05, 0) is 48.9 Å². The summed E-state index contributed by atoms with van der Waals surface area (Å²) < 4.78 is 6.54. The molecule has 1 N–H and O–H groups in total. The lowest BCUT2D eigenvalue weighted by Crippen LogP contribution is -2.43. The number of ether oxygens (including phenoxy) is 1. The normalized spacial score (nSPS) is 32.4. The van der Waals surface area contributed by atoms with E-state index >= 15 is 0 Å². The van der Waals surface area contributed by atoms with Crippen molar-refractivity contribution in [3.05, 3.63) is 59.8 Å². The van der Waals surface area contributed by atoms with E-state index in [1.807, 2.05) is 18.3 Å². The van der Waals surface area contributed by atoms with Crippen LogP contribution >= 0.6 is 0 Å². The van der Waals surface area contributed by atoms with E-state index in [1.54, 1.807) is 0 Å². The Morgan fingerprint density at radius 1 is 1.17 bits per heavy atom. The van der Waals surface area contributed by atoms with Crippen molar-refractivity contribution in [2.45, 2.75) is 37.4 Å². The minimum Gasteiger partial charge on any atom is -0.369 e. The molecule has 150 valence electrons. The first-order chi connectivity index (χ1) is 14.2. The number of amides is 1. The van der Waals surface area contributed by atoms with Crippen LogP contribution in [0.5, 0.6) is 0 Å². The summed E-state index contributed by atoms with van der Waals surface area (Å²) in [6, 6.07) is 14.5. The number of nitrogens with zero attached hydrogens (tertiary/aromatic N) is 2. The molecule has 29 heavy (non-hydrogen) atoms. The van der Waals surface area contributed by atoms with Crippen molar-refractivity contribution in [1.82, 2.24) is 10.3 Å². The number of benzene rings is 1. The zero-order chi connectivity index (χ0) is 19.4. The van der Waals surface area contributed by atoms with Crippen molar-refractivity contribution in [3.63, 3.8) is 0 Å². The molecule has 1 aromatic heterocycles. The van der Waals surface area contributed by atoms with Crippen molar-refractivity contribution >= 4 is 11.7 Å². The summed E-state index contributed by atoms with van der Waals surface area (Å²) in [4.78, 5) is 19.8. The first-order valence-corrected chi connectivity index (χ1v) is 10.9. The number of hydrogen-bond donors (Lipinski definition) is 1. The Kier molecular flexibility index (Phi) is 3.95. The lowest BCUT2D eigenvalue weighted by atomic mass is 9.73. The lowest BCUT2D eigenvalue weighted by molar-refractivity contribution is -0.125. The largest absolute Gasteiger partial charge is 0.369 e. The number of rotatable bonds is 4. The van der Waals surface area contributed by atoms with E-state index in [2.05, 4.69) is 45.5 Å². The molecule has 1 aromatic carbocycles. The summed E-state index contributed by atoms with van der Waals surface area (Å²) in [5.41, 5.74) is 2.62. The van der Waals surface area contributed by atoms with Crippen LogP contribution < -0.4 is 10.2 Å². The molecular weight excluding hydrogens is 362 g/mol. The Labute approximate surface area is 171 Å². The van der Waals surface area contributed by atoms with Crippen LogP contribution in [0.4, 0.5) is 5.82 Å². The fourth-order valence-corrected chi connectivity index (χ4v) is 6.29. The van der Waals surface area contributed by atoms with Gasteiger partial charge in [0.25, 0.3) is 0 Å². The van der Waals surface area contributed by atoms with Gasteiger partial charge in [-0.3, -0.25) is 4.79 Å². The Bertz CT molecular complexity index is 908. The predicted molar refractivity (Wildman–Crippen MR) is 111 cm³/mol. The van der Waals surface area contributed by atoms with Crippen LogP contribution in [-0.2, 0) is 22.4 Å². The van der Waals surface area contributed by atoms with E-state index in [9.17, 15) is 4.79 Å². The van der Waals surface area contributed by atoms with Gasteiger partial charge < -0.3 is 15.0 Å². The molecule has 1 aliphatic carbocycles. The summed E-state index contributed by atoms with van der Waals surface area (Å²) in [5, 5.41) is 3.30. The Balaban J connectivity index is 1.12. The number of aromatic nitrogens is 1. The predicted octanol–water partition coefficient (Wildman–Crippen LogP) is 2.60. The maximum atomic E-state index is 12.9. The van der Waals surface area contributed by atoms with E-state index in [4.69, 9.17) is 4.74 Å². The topological polar surface area (TPSA) is 54.5 Å². The first-order valence-electron chi connectivity index (χ1n) is 10.9. The summed E-state index contributed by atoms with van der Waals surface area (Å²) in [7, 11) is 0. The average Bonchev–Trinajstić information content (AvgIpc) is 3.51. The molecule has 3 saturated heterocycles. The quantitative estimate of drug-likeness (QED) is 0.873. The maximum absolute atomic E-state index is 12.9. The molecule has 5 heteroatoms. The average molecular weight is 389 g/mol. The molecule has 1 spiro atoms. The minimum atomic E-state index is -0.0405. The molecule has 4 aliphatic rings. The third kappa shape index (κ3) is 2.78. The Morgan fingerprint density at radius 2 is 1.97 bits per heavy atom. The first kappa shape index (κ1) is 17.5. The fourth-order valence-electron chi connectivity index (χ4n) is 6.29. The van der Waals surface area contributed by atoms with Gasteiger partial charge >= 0.3 is 0 Å². The molecule has 4 heterocycles. The number of carbonyl (C=O) groups is 1. The van der Waals surface area contributed by atoms with Crippen LogP contribution in [0.25, 0.3) is 0 Å². The molecule has 3 fully saturated rings. The van der Waals surface area contributed by atoms with Crippen molar-refractivity contribution in [1.29, 1.82) is 0 Å². The van der Waals surface area contributed by atoms with Gasteiger partial charge in [0.2, 0.25) is 5.91 Å². The van der Waals surface area contributed by atoms with Crippen molar-refractivity contribution in [2.75, 3.05) is 24.5 Å². The monoisotopic (exact) mass is 389 g/mol. The van der Waals surface area contributed by atoms with Crippen LogP contribution in [0.1, 0.15) is 24.0 Å². The second kappa shape index (κ2) is 6.56. The number of pyridine rings is 1. The minimum absolute atomic E-state index is 0.0405. The molecule has 2 aromatic rings. The number of carbonyl (C=O) groups excluding carboxylic acids is 1. The second-order valence-corrected chi connectivity index (χ2v) is 9.22. The van der Waals surface area contributed by atoms with E-state index in [0.29, 0.717) is 17.9 Å². The molecule has 0 saturated carbocycles. The number of anilines is 1. The third-order valence-corrected chi connectivity index (χ3v) is 7.69. The van der Waals surface area contributed by atoms with Crippen LogP contribution in [0.15, 0.2) is 48.7 Å². The van der Waals surface area contributed by atoms with Gasteiger partial charge in [0.1, 0.15) is 5.82 Å². The van der Waals surface area contributed by atoms with E-state index in [1.165, 1.54) is 11.1 Å². The van der Waals surface area contributed by atoms with Gasteiger partial charge in [-0.2, -0.15) is 0 Å². The van der Waals surface area contributed by atoms with Gasteiger partial charge in [-0.15, -0.1) is 0 Å². The molecule has 0 radical (unpaired) electrons. The van der Waals surface area contributed by atoms with Crippen LogP contribution in [0.2, 0.25) is 0 Å². The van der Waals surface area contributed by atoms with Gasteiger partial charge in [0.15, 0.2) is 0 Å². The molecule has 6 rings (SSSR count).